The summed E-state index contributed by atoms with van der Waals surface area (Å²) in [6, 6.07) is 7.42. The van der Waals surface area contributed by atoms with E-state index >= 15 is 8.78 Å². The lowest BCUT2D eigenvalue weighted by atomic mass is 9.94. The van der Waals surface area contributed by atoms with Crippen molar-refractivity contribution in [2.45, 2.75) is 33.2 Å². The number of carbonyl (C=O) groups is 4. The topological polar surface area (TPSA) is 168 Å². The van der Waals surface area contributed by atoms with E-state index in [1.807, 2.05) is 6.92 Å². The molecule has 1 unspecified atom stereocenters. The number of ether oxygens (including phenoxy) is 1. The number of methoxy groups -OCH3 is 1. The van der Waals surface area contributed by atoms with Gasteiger partial charge in [0.1, 0.15) is 0 Å². The summed E-state index contributed by atoms with van der Waals surface area (Å²) in [7, 11) is 3.09. The molecule has 4 heterocycles. The Balaban J connectivity index is 1.04. The Morgan fingerprint density at radius 3 is 2.42 bits per heavy atom. The van der Waals surface area contributed by atoms with Crippen LogP contribution in [0.1, 0.15) is 46.4 Å². The number of quaternary nitrogens is 1. The Kier molecular flexibility index (Phi) is 14.1. The number of anilines is 1. The van der Waals surface area contributed by atoms with Crippen molar-refractivity contribution in [2.75, 3.05) is 77.9 Å². The summed E-state index contributed by atoms with van der Waals surface area (Å²) in [4.78, 5) is 60.4. The summed E-state index contributed by atoms with van der Waals surface area (Å²) in [5.41, 5.74) is 1.79. The van der Waals surface area contributed by atoms with Gasteiger partial charge in [0.15, 0.2) is 24.0 Å². The number of nitrogens with zero attached hydrogens (tertiary/aromatic N) is 6. The van der Waals surface area contributed by atoms with E-state index in [1.54, 1.807) is 34.6 Å². The summed E-state index contributed by atoms with van der Waals surface area (Å²) < 4.78 is 39.2. The van der Waals surface area contributed by atoms with Gasteiger partial charge < -0.3 is 39.7 Å². The maximum absolute atomic E-state index is 15.6. The van der Waals surface area contributed by atoms with Crippen LogP contribution in [0.4, 0.5) is 14.5 Å². The Labute approximate surface area is 346 Å². The summed E-state index contributed by atoms with van der Waals surface area (Å²) >= 11 is 6.58. The number of piperidine rings is 1. The van der Waals surface area contributed by atoms with Crippen LogP contribution in [0.25, 0.3) is 22.4 Å². The van der Waals surface area contributed by atoms with Crippen LogP contribution < -0.4 is 15.5 Å². The molecule has 18 heteroatoms. The van der Waals surface area contributed by atoms with Crippen molar-refractivity contribution in [3.05, 3.63) is 76.5 Å². The first-order chi connectivity index (χ1) is 28.3. The molecule has 59 heavy (non-hydrogen) atoms. The highest BCUT2D eigenvalue weighted by Gasteiger charge is 2.32. The first-order valence-electron chi connectivity index (χ1n) is 19.8. The number of likely N-dealkylation sites (tertiary alicyclic amines) is 1. The fraction of sp³-hybridized carbons (Fsp3) is 0.463. The predicted molar refractivity (Wildman–Crippen MR) is 216 cm³/mol. The van der Waals surface area contributed by atoms with Crippen molar-refractivity contribution >= 4 is 41.0 Å². The van der Waals surface area contributed by atoms with Gasteiger partial charge in [-0.05, 0) is 51.0 Å². The number of halogens is 3. The molecule has 2 aliphatic rings. The molecule has 2 aromatic carbocycles. The lowest BCUT2D eigenvalue weighted by Crippen LogP contribution is -3.14. The molecule has 0 aliphatic carbocycles. The molecule has 6 rings (SSSR count). The summed E-state index contributed by atoms with van der Waals surface area (Å²) in [5, 5.41) is 19.7. The third-order valence-electron chi connectivity index (χ3n) is 11.3. The minimum Gasteiger partial charge on any atom is -0.477 e. The zero-order valence-electron chi connectivity index (χ0n) is 33.7. The number of hydrogen-bond acceptors (Lipinski definition) is 8. The largest absolute Gasteiger partial charge is 0.477 e. The van der Waals surface area contributed by atoms with E-state index in [2.05, 4.69) is 20.7 Å². The quantitative estimate of drug-likeness (QED) is 0.125. The molecule has 0 bridgehead atoms. The van der Waals surface area contributed by atoms with E-state index in [-0.39, 0.29) is 57.5 Å². The van der Waals surface area contributed by atoms with Crippen LogP contribution in [0.5, 0.6) is 0 Å². The van der Waals surface area contributed by atoms with E-state index in [9.17, 15) is 24.3 Å². The first-order valence-corrected chi connectivity index (χ1v) is 20.2. The van der Waals surface area contributed by atoms with E-state index in [0.29, 0.717) is 81.6 Å². The van der Waals surface area contributed by atoms with Gasteiger partial charge in [-0.15, -0.1) is 0 Å². The molecule has 15 nitrogen and oxygen atoms in total. The zero-order chi connectivity index (χ0) is 42.4. The molecule has 3 amide bonds. The van der Waals surface area contributed by atoms with Gasteiger partial charge in [-0.1, -0.05) is 17.7 Å². The van der Waals surface area contributed by atoms with Gasteiger partial charge in [-0.25, -0.2) is 18.6 Å². The lowest BCUT2D eigenvalue weighted by Gasteiger charge is -2.35. The summed E-state index contributed by atoms with van der Waals surface area (Å²) in [6.45, 7) is 9.34. The number of rotatable bonds is 17. The molecule has 0 radical (unpaired) electrons. The molecule has 0 spiro atoms. The molecule has 2 aromatic heterocycles. The minimum absolute atomic E-state index is 0.0109. The van der Waals surface area contributed by atoms with Crippen molar-refractivity contribution in [2.24, 2.45) is 18.9 Å². The maximum Gasteiger partial charge on any atom is 0.359 e. The van der Waals surface area contributed by atoms with E-state index in [0.717, 1.165) is 24.5 Å². The monoisotopic (exact) mass is 838 g/mol. The second-order valence-corrected chi connectivity index (χ2v) is 15.5. The lowest BCUT2D eigenvalue weighted by molar-refractivity contribution is -0.895. The van der Waals surface area contributed by atoms with Crippen molar-refractivity contribution in [1.82, 2.24) is 34.4 Å². The Hall–Kier alpha value is -5.23. The molecule has 4 aromatic rings. The van der Waals surface area contributed by atoms with Crippen LogP contribution >= 0.6 is 11.6 Å². The summed E-state index contributed by atoms with van der Waals surface area (Å²) in [5.74, 6) is -3.80. The average molecular weight is 839 g/mol. The predicted octanol–water partition coefficient (Wildman–Crippen LogP) is 2.98. The van der Waals surface area contributed by atoms with Crippen LogP contribution in [-0.4, -0.2) is 131 Å². The zero-order valence-corrected chi connectivity index (χ0v) is 34.5. The van der Waals surface area contributed by atoms with Crippen molar-refractivity contribution in [3.63, 3.8) is 0 Å². The number of benzene rings is 2. The van der Waals surface area contributed by atoms with Crippen LogP contribution in [0.3, 0.4) is 0 Å². The Morgan fingerprint density at radius 2 is 1.78 bits per heavy atom. The Morgan fingerprint density at radius 1 is 1.07 bits per heavy atom. The standard InChI is InChI=1S/C41H50ClF2N9O6/c1-5-51(15-14-50(24-35(54)55)23-26-19-45-20-26)40(57)27-10-12-52(13-11-27)41(58)30-7-6-28(18-33(30)42)48-39(56)38-46-22-34(49(38)3)31-9-8-29(36(43)37(31)44)32-21-47-53(25(32)2)16-17-59-4/h6-9,18,21-22,26-27,45H,5,10-17,19-20,23-24H2,1-4H3,(H,48,56)(H,54,55)/p+1. The Bertz CT molecular complexity index is 2180. The molecule has 1 atom stereocenters. The third kappa shape index (κ3) is 9.81. The van der Waals surface area contributed by atoms with Gasteiger partial charge in [-0.3, -0.25) is 19.1 Å². The second-order valence-electron chi connectivity index (χ2n) is 15.1. The van der Waals surface area contributed by atoms with Gasteiger partial charge in [0, 0.05) is 86.8 Å². The highest BCUT2D eigenvalue weighted by molar-refractivity contribution is 6.34. The molecule has 4 N–H and O–H groups in total. The minimum atomic E-state index is -1.10. The number of amides is 3. The van der Waals surface area contributed by atoms with E-state index in [4.69, 9.17) is 16.3 Å². The average Bonchev–Trinajstić information content (AvgIpc) is 3.77. The molecular formula is C41H51ClF2N9O6+. The van der Waals surface area contributed by atoms with Crippen molar-refractivity contribution < 1.29 is 42.7 Å². The van der Waals surface area contributed by atoms with Crippen LogP contribution in [0.2, 0.25) is 5.02 Å². The number of aliphatic carboxylic acids is 1. The number of carbonyl (C=O) groups excluding carboxylic acids is 3. The van der Waals surface area contributed by atoms with Gasteiger partial charge >= 0.3 is 5.97 Å². The maximum atomic E-state index is 15.6. The first kappa shape index (κ1) is 43.4. The molecule has 2 fully saturated rings. The van der Waals surface area contributed by atoms with Crippen LogP contribution in [0, 0.1) is 30.4 Å². The number of carboxylic acids is 1. The number of carboxylic acid groups (broad SMARTS) is 1. The van der Waals surface area contributed by atoms with Crippen LogP contribution in [-0.2, 0) is 27.9 Å². The number of likely N-dealkylation sites (N-methyl/N-ethyl adjacent to an activating group) is 1. The van der Waals surface area contributed by atoms with Gasteiger partial charge in [-0.2, -0.15) is 5.10 Å². The number of imidazole rings is 1. The highest BCUT2D eigenvalue weighted by Crippen LogP contribution is 2.33. The van der Waals surface area contributed by atoms with Gasteiger partial charge in [0.25, 0.3) is 11.8 Å². The third-order valence-corrected chi connectivity index (χ3v) is 11.6. The van der Waals surface area contributed by atoms with E-state index < -0.39 is 23.5 Å². The molecule has 316 valence electrons. The summed E-state index contributed by atoms with van der Waals surface area (Å²) in [6.07, 6.45) is 3.74. The van der Waals surface area contributed by atoms with Gasteiger partial charge in [0.2, 0.25) is 5.91 Å². The highest BCUT2D eigenvalue weighted by atomic mass is 35.5. The SMILES string of the molecule is CCN(CC[NH+](CC(=O)O)CC1CNC1)C(=O)C1CCN(C(=O)c2ccc(NC(=O)c3ncc(-c4ccc(-c5cnn(CCOC)c5C)c(F)c4F)n3C)cc2Cl)CC1. The number of hydrogen-bond donors (Lipinski definition) is 4. The van der Waals surface area contributed by atoms with Crippen LogP contribution in [0.15, 0.2) is 42.7 Å². The smallest absolute Gasteiger partial charge is 0.359 e. The van der Waals surface area contributed by atoms with Gasteiger partial charge in [0.05, 0.1) is 61.5 Å². The molecule has 2 aliphatic heterocycles. The number of aromatic nitrogens is 4. The fourth-order valence-electron chi connectivity index (χ4n) is 7.75. The number of nitrogens with one attached hydrogen (secondary N) is 3. The fourth-order valence-corrected chi connectivity index (χ4v) is 8.01. The van der Waals surface area contributed by atoms with Crippen molar-refractivity contribution in [3.8, 4) is 22.4 Å². The normalized spacial score (nSPS) is 15.2. The molecule has 0 saturated carbocycles. The van der Waals surface area contributed by atoms with Crippen molar-refractivity contribution in [1.29, 1.82) is 0 Å². The second kappa shape index (κ2) is 19.2. The molecule has 2 saturated heterocycles. The van der Waals surface area contributed by atoms with E-state index in [1.165, 1.54) is 48.3 Å². The molecular weight excluding hydrogens is 788 g/mol.